The molecule has 1 heterocycles. The second-order valence-electron chi connectivity index (χ2n) is 4.87. The summed E-state index contributed by atoms with van der Waals surface area (Å²) >= 11 is 5.92. The maximum absolute atomic E-state index is 5.92. The Bertz CT molecular complexity index is 782. The molecule has 2 aromatic carbocycles. The molecule has 0 amide bonds. The highest BCUT2D eigenvalue weighted by molar-refractivity contribution is 6.30. The molecule has 104 valence electrons. The molecule has 0 bridgehead atoms. The topological polar surface area (TPSA) is 51.8 Å². The van der Waals surface area contributed by atoms with Crippen LogP contribution in [-0.2, 0) is 0 Å². The van der Waals surface area contributed by atoms with Gasteiger partial charge in [0.2, 0.25) is 5.95 Å². The minimum atomic E-state index is 0.263. The van der Waals surface area contributed by atoms with Crippen molar-refractivity contribution in [2.24, 2.45) is 0 Å². The average Bonchev–Trinajstić information content (AvgIpc) is 2.47. The third-order valence-corrected chi connectivity index (χ3v) is 3.45. The van der Waals surface area contributed by atoms with Crippen molar-refractivity contribution in [1.82, 2.24) is 9.97 Å². The normalized spacial score (nSPS) is 10.6. The molecule has 3 rings (SSSR count). The van der Waals surface area contributed by atoms with Crippen molar-refractivity contribution in [2.45, 2.75) is 6.92 Å². The fraction of sp³-hybridized carbons (Fsp3) is 0.0588. The molecule has 0 aliphatic heterocycles. The van der Waals surface area contributed by atoms with Gasteiger partial charge in [-0.1, -0.05) is 47.5 Å². The van der Waals surface area contributed by atoms with Crippen LogP contribution in [0.15, 0.2) is 54.6 Å². The van der Waals surface area contributed by atoms with Crippen LogP contribution in [-0.4, -0.2) is 9.97 Å². The van der Waals surface area contributed by atoms with Crippen LogP contribution in [0.5, 0.6) is 0 Å². The fourth-order valence-corrected chi connectivity index (χ4v) is 2.31. The Morgan fingerprint density at radius 3 is 2.19 bits per heavy atom. The van der Waals surface area contributed by atoms with Gasteiger partial charge in [0.05, 0.1) is 11.4 Å². The second-order valence-corrected chi connectivity index (χ2v) is 5.31. The van der Waals surface area contributed by atoms with Crippen molar-refractivity contribution in [1.29, 1.82) is 0 Å². The number of hydrogen-bond donors (Lipinski definition) is 1. The van der Waals surface area contributed by atoms with E-state index in [2.05, 4.69) is 16.0 Å². The lowest BCUT2D eigenvalue weighted by Crippen LogP contribution is -1.98. The first-order chi connectivity index (χ1) is 10.1. The zero-order chi connectivity index (χ0) is 14.8. The maximum Gasteiger partial charge on any atom is 0.221 e. The van der Waals surface area contributed by atoms with E-state index in [1.54, 1.807) is 0 Å². The van der Waals surface area contributed by atoms with Crippen LogP contribution in [0.3, 0.4) is 0 Å². The Hall–Kier alpha value is -2.39. The third-order valence-electron chi connectivity index (χ3n) is 3.20. The summed E-state index contributed by atoms with van der Waals surface area (Å²) in [6.07, 6.45) is 0. The number of aromatic nitrogens is 2. The lowest BCUT2D eigenvalue weighted by molar-refractivity contribution is 1.19. The fourth-order valence-electron chi connectivity index (χ4n) is 2.19. The lowest BCUT2D eigenvalue weighted by atomic mass is 10.1. The molecule has 0 aliphatic carbocycles. The van der Waals surface area contributed by atoms with Crippen LogP contribution in [0.4, 0.5) is 5.95 Å². The van der Waals surface area contributed by atoms with Gasteiger partial charge in [-0.15, -0.1) is 0 Å². The van der Waals surface area contributed by atoms with Crippen molar-refractivity contribution in [3.63, 3.8) is 0 Å². The summed E-state index contributed by atoms with van der Waals surface area (Å²) in [5.74, 6) is 0.263. The van der Waals surface area contributed by atoms with Gasteiger partial charge in [-0.3, -0.25) is 0 Å². The van der Waals surface area contributed by atoms with Crippen molar-refractivity contribution in [2.75, 3.05) is 5.73 Å². The Balaban J connectivity index is 2.10. The van der Waals surface area contributed by atoms with Gasteiger partial charge in [0, 0.05) is 16.1 Å². The summed E-state index contributed by atoms with van der Waals surface area (Å²) in [7, 11) is 0. The minimum absolute atomic E-state index is 0.263. The second kappa shape index (κ2) is 5.54. The smallest absolute Gasteiger partial charge is 0.221 e. The Morgan fingerprint density at radius 1 is 0.857 bits per heavy atom. The molecule has 3 aromatic rings. The van der Waals surface area contributed by atoms with Crippen molar-refractivity contribution >= 4 is 17.5 Å². The van der Waals surface area contributed by atoms with E-state index in [9.17, 15) is 0 Å². The number of rotatable bonds is 2. The molecular formula is C17H14ClN3. The van der Waals surface area contributed by atoms with Crippen LogP contribution in [0.1, 0.15) is 5.56 Å². The number of nitrogens with zero attached hydrogens (tertiary/aromatic N) is 2. The van der Waals surface area contributed by atoms with Crippen LogP contribution >= 0.6 is 11.6 Å². The van der Waals surface area contributed by atoms with Gasteiger partial charge in [-0.2, -0.15) is 0 Å². The first-order valence-corrected chi connectivity index (χ1v) is 6.97. The Morgan fingerprint density at radius 2 is 1.52 bits per heavy atom. The third kappa shape index (κ3) is 3.03. The molecule has 3 nitrogen and oxygen atoms in total. The van der Waals surface area contributed by atoms with Gasteiger partial charge in [-0.05, 0) is 31.2 Å². The number of nitrogen functional groups attached to an aromatic ring is 1. The summed E-state index contributed by atoms with van der Waals surface area (Å²) in [6, 6.07) is 17.6. The summed E-state index contributed by atoms with van der Waals surface area (Å²) in [4.78, 5) is 8.63. The minimum Gasteiger partial charge on any atom is -0.368 e. The van der Waals surface area contributed by atoms with Gasteiger partial charge >= 0.3 is 0 Å². The van der Waals surface area contributed by atoms with E-state index in [0.717, 1.165) is 22.5 Å². The quantitative estimate of drug-likeness (QED) is 0.764. The van der Waals surface area contributed by atoms with E-state index >= 15 is 0 Å². The molecule has 21 heavy (non-hydrogen) atoms. The number of nitrogens with two attached hydrogens (primary N) is 1. The maximum atomic E-state index is 5.92. The highest BCUT2D eigenvalue weighted by Gasteiger charge is 2.07. The zero-order valence-electron chi connectivity index (χ0n) is 11.5. The summed E-state index contributed by atoms with van der Waals surface area (Å²) in [5.41, 5.74) is 10.6. The van der Waals surface area contributed by atoms with E-state index in [1.165, 1.54) is 5.56 Å². The number of aryl methyl sites for hydroxylation is 1. The van der Waals surface area contributed by atoms with Gasteiger partial charge < -0.3 is 5.73 Å². The van der Waals surface area contributed by atoms with E-state index in [1.807, 2.05) is 55.5 Å². The Kier molecular flexibility index (Phi) is 3.59. The first-order valence-electron chi connectivity index (χ1n) is 6.59. The van der Waals surface area contributed by atoms with Crippen LogP contribution in [0.25, 0.3) is 22.5 Å². The van der Waals surface area contributed by atoms with Crippen LogP contribution in [0.2, 0.25) is 5.02 Å². The summed E-state index contributed by atoms with van der Waals surface area (Å²) < 4.78 is 0. The van der Waals surface area contributed by atoms with Gasteiger partial charge in [0.25, 0.3) is 0 Å². The van der Waals surface area contributed by atoms with Gasteiger partial charge in [0.15, 0.2) is 0 Å². The summed E-state index contributed by atoms with van der Waals surface area (Å²) in [5, 5.41) is 0.694. The highest BCUT2D eigenvalue weighted by atomic mass is 35.5. The van der Waals surface area contributed by atoms with Gasteiger partial charge in [-0.25, -0.2) is 9.97 Å². The highest BCUT2D eigenvalue weighted by Crippen LogP contribution is 2.25. The van der Waals surface area contributed by atoms with E-state index < -0.39 is 0 Å². The van der Waals surface area contributed by atoms with Crippen molar-refractivity contribution in [3.05, 3.63) is 65.2 Å². The van der Waals surface area contributed by atoms with E-state index in [0.29, 0.717) is 5.02 Å². The van der Waals surface area contributed by atoms with E-state index in [-0.39, 0.29) is 5.95 Å². The zero-order valence-corrected chi connectivity index (χ0v) is 12.3. The predicted molar refractivity (Wildman–Crippen MR) is 87.1 cm³/mol. The molecule has 0 saturated heterocycles. The monoisotopic (exact) mass is 295 g/mol. The molecule has 2 N–H and O–H groups in total. The molecule has 4 heteroatoms. The summed E-state index contributed by atoms with van der Waals surface area (Å²) in [6.45, 7) is 2.05. The largest absolute Gasteiger partial charge is 0.368 e. The number of anilines is 1. The molecule has 0 fully saturated rings. The Labute approximate surface area is 128 Å². The molecule has 0 radical (unpaired) electrons. The van der Waals surface area contributed by atoms with Crippen molar-refractivity contribution < 1.29 is 0 Å². The standard InChI is InChI=1S/C17H14ClN3/c1-11-3-2-4-13(9-11)16-10-15(20-17(19)21-16)12-5-7-14(18)8-6-12/h2-10H,1H3,(H2,19,20,21). The lowest BCUT2D eigenvalue weighted by Gasteiger charge is -2.07. The SMILES string of the molecule is Cc1cccc(-c2cc(-c3ccc(Cl)cc3)nc(N)n2)c1. The molecule has 0 unspecified atom stereocenters. The number of hydrogen-bond acceptors (Lipinski definition) is 3. The van der Waals surface area contributed by atoms with Crippen LogP contribution in [0, 0.1) is 6.92 Å². The number of halogens is 1. The molecular weight excluding hydrogens is 282 g/mol. The first kappa shape index (κ1) is 13.6. The average molecular weight is 296 g/mol. The molecule has 1 aromatic heterocycles. The van der Waals surface area contributed by atoms with Crippen LogP contribution < -0.4 is 5.73 Å². The van der Waals surface area contributed by atoms with E-state index in [4.69, 9.17) is 17.3 Å². The number of benzene rings is 2. The molecule has 0 saturated carbocycles. The predicted octanol–water partition coefficient (Wildman–Crippen LogP) is 4.35. The van der Waals surface area contributed by atoms with Crippen molar-refractivity contribution in [3.8, 4) is 22.5 Å². The van der Waals surface area contributed by atoms with Gasteiger partial charge in [0.1, 0.15) is 0 Å². The molecule has 0 aliphatic rings. The molecule has 0 atom stereocenters. The molecule has 0 spiro atoms.